The van der Waals surface area contributed by atoms with Gasteiger partial charge in [-0.2, -0.15) is 0 Å². The second kappa shape index (κ2) is 9.18. The maximum Gasteiger partial charge on any atom is 0.258 e. The Labute approximate surface area is 176 Å². The van der Waals surface area contributed by atoms with Gasteiger partial charge in [-0.3, -0.25) is 4.79 Å². The van der Waals surface area contributed by atoms with Crippen LogP contribution < -0.4 is 19.1 Å². The van der Waals surface area contributed by atoms with Gasteiger partial charge < -0.3 is 19.1 Å². The summed E-state index contributed by atoms with van der Waals surface area (Å²) in [5, 5.41) is 0. The molecule has 0 unspecified atom stereocenters. The molecule has 0 saturated carbocycles. The van der Waals surface area contributed by atoms with Crippen LogP contribution in [0.2, 0.25) is 0 Å². The van der Waals surface area contributed by atoms with Crippen molar-refractivity contribution in [3.8, 4) is 17.2 Å². The average Bonchev–Trinajstić information content (AvgIpc) is 3.26. The highest BCUT2D eigenvalue weighted by Crippen LogP contribution is 2.33. The fourth-order valence-electron chi connectivity index (χ4n) is 3.24. The summed E-state index contributed by atoms with van der Waals surface area (Å²) in [6.45, 7) is 3.14. The Morgan fingerprint density at radius 2 is 1.77 bits per heavy atom. The standard InChI is InChI=1S/C25H23NO4/c1-2-28-22-13-11-21(12-14-22)26(16-6-9-19-7-4-3-5-8-19)25(27)20-10-15-23-24(17-20)30-18-29-23/h3-15,17H,2,16,18H2,1H3/b9-6+. The largest absolute Gasteiger partial charge is 0.494 e. The first-order valence-corrected chi connectivity index (χ1v) is 9.90. The number of nitrogens with zero attached hydrogens (tertiary/aromatic N) is 1. The van der Waals surface area contributed by atoms with Gasteiger partial charge in [0.15, 0.2) is 11.5 Å². The molecule has 0 radical (unpaired) electrons. The van der Waals surface area contributed by atoms with E-state index in [4.69, 9.17) is 14.2 Å². The van der Waals surface area contributed by atoms with Crippen LogP contribution in [-0.2, 0) is 0 Å². The number of hydrogen-bond donors (Lipinski definition) is 0. The zero-order valence-electron chi connectivity index (χ0n) is 16.8. The maximum atomic E-state index is 13.4. The van der Waals surface area contributed by atoms with Crippen LogP contribution in [0.25, 0.3) is 6.08 Å². The number of hydrogen-bond acceptors (Lipinski definition) is 4. The molecule has 0 fully saturated rings. The molecule has 5 heteroatoms. The molecule has 1 aliphatic heterocycles. The lowest BCUT2D eigenvalue weighted by molar-refractivity contribution is 0.0989. The van der Waals surface area contributed by atoms with Crippen LogP contribution in [0.1, 0.15) is 22.8 Å². The van der Waals surface area contributed by atoms with Crippen LogP contribution in [0.15, 0.2) is 78.9 Å². The van der Waals surface area contributed by atoms with E-state index in [0.29, 0.717) is 30.2 Å². The number of ether oxygens (including phenoxy) is 3. The molecular weight excluding hydrogens is 378 g/mol. The van der Waals surface area contributed by atoms with Gasteiger partial charge in [-0.1, -0.05) is 42.5 Å². The molecule has 0 atom stereocenters. The Bertz CT molecular complexity index is 1030. The lowest BCUT2D eigenvalue weighted by Gasteiger charge is -2.22. The molecule has 0 N–H and O–H groups in total. The lowest BCUT2D eigenvalue weighted by Crippen LogP contribution is -2.31. The van der Waals surface area contributed by atoms with Crippen molar-refractivity contribution >= 4 is 17.7 Å². The highest BCUT2D eigenvalue weighted by molar-refractivity contribution is 6.06. The molecular formula is C25H23NO4. The lowest BCUT2D eigenvalue weighted by atomic mass is 10.1. The molecule has 3 aromatic carbocycles. The highest BCUT2D eigenvalue weighted by atomic mass is 16.7. The van der Waals surface area contributed by atoms with E-state index in [1.807, 2.05) is 73.7 Å². The molecule has 152 valence electrons. The number of carbonyl (C=O) groups is 1. The first kappa shape index (κ1) is 19.6. The zero-order chi connectivity index (χ0) is 20.8. The Morgan fingerprint density at radius 1 is 1.00 bits per heavy atom. The number of benzene rings is 3. The number of fused-ring (bicyclic) bond motifs is 1. The van der Waals surface area contributed by atoms with Gasteiger partial charge in [-0.05, 0) is 55.0 Å². The molecule has 0 aliphatic carbocycles. The minimum absolute atomic E-state index is 0.116. The summed E-state index contributed by atoms with van der Waals surface area (Å²) < 4.78 is 16.3. The summed E-state index contributed by atoms with van der Waals surface area (Å²) >= 11 is 0. The van der Waals surface area contributed by atoms with Gasteiger partial charge in [-0.25, -0.2) is 0 Å². The van der Waals surface area contributed by atoms with Crippen molar-refractivity contribution in [1.82, 2.24) is 0 Å². The molecule has 1 amide bonds. The third-order valence-corrected chi connectivity index (χ3v) is 4.72. The summed E-state index contributed by atoms with van der Waals surface area (Å²) in [6.07, 6.45) is 3.99. The molecule has 4 rings (SSSR count). The van der Waals surface area contributed by atoms with Crippen molar-refractivity contribution in [3.05, 3.63) is 90.0 Å². The maximum absolute atomic E-state index is 13.4. The van der Waals surface area contributed by atoms with Crippen molar-refractivity contribution in [3.63, 3.8) is 0 Å². The van der Waals surface area contributed by atoms with Gasteiger partial charge in [0.25, 0.3) is 5.91 Å². The number of rotatable bonds is 7. The Kier molecular flexibility index (Phi) is 5.99. The van der Waals surface area contributed by atoms with E-state index in [1.165, 1.54) is 0 Å². The van der Waals surface area contributed by atoms with E-state index in [1.54, 1.807) is 23.1 Å². The summed E-state index contributed by atoms with van der Waals surface area (Å²) in [4.78, 5) is 15.1. The first-order chi connectivity index (χ1) is 14.7. The molecule has 5 nitrogen and oxygen atoms in total. The molecule has 1 heterocycles. The summed E-state index contributed by atoms with van der Waals surface area (Å²) in [5.74, 6) is 1.90. The van der Waals surface area contributed by atoms with Crippen LogP contribution in [0.4, 0.5) is 5.69 Å². The van der Waals surface area contributed by atoms with Crippen LogP contribution in [0, 0.1) is 0 Å². The highest BCUT2D eigenvalue weighted by Gasteiger charge is 2.21. The summed E-state index contributed by atoms with van der Waals surface area (Å²) in [6, 6.07) is 22.8. The zero-order valence-corrected chi connectivity index (χ0v) is 16.8. The molecule has 0 aromatic heterocycles. The van der Waals surface area contributed by atoms with Crippen molar-refractivity contribution in [1.29, 1.82) is 0 Å². The fraction of sp³-hybridized carbons (Fsp3) is 0.160. The molecule has 0 spiro atoms. The third kappa shape index (κ3) is 4.46. The van der Waals surface area contributed by atoms with Crippen molar-refractivity contribution in [2.24, 2.45) is 0 Å². The third-order valence-electron chi connectivity index (χ3n) is 4.72. The normalized spacial score (nSPS) is 12.2. The van der Waals surface area contributed by atoms with Crippen LogP contribution in [0.5, 0.6) is 17.2 Å². The van der Waals surface area contributed by atoms with E-state index in [-0.39, 0.29) is 12.7 Å². The van der Waals surface area contributed by atoms with Gasteiger partial charge >= 0.3 is 0 Å². The van der Waals surface area contributed by atoms with Crippen molar-refractivity contribution in [2.75, 3.05) is 24.8 Å². The predicted molar refractivity (Wildman–Crippen MR) is 117 cm³/mol. The quantitative estimate of drug-likeness (QED) is 0.548. The van der Waals surface area contributed by atoms with Gasteiger partial charge in [0.1, 0.15) is 5.75 Å². The first-order valence-electron chi connectivity index (χ1n) is 9.90. The topological polar surface area (TPSA) is 48.0 Å². The van der Waals surface area contributed by atoms with E-state index in [9.17, 15) is 4.79 Å². The summed E-state index contributed by atoms with van der Waals surface area (Å²) in [7, 11) is 0. The Balaban J connectivity index is 1.60. The molecule has 30 heavy (non-hydrogen) atoms. The van der Waals surface area contributed by atoms with Crippen LogP contribution >= 0.6 is 0 Å². The Morgan fingerprint density at radius 3 is 2.53 bits per heavy atom. The minimum Gasteiger partial charge on any atom is -0.494 e. The summed E-state index contributed by atoms with van der Waals surface area (Å²) in [5.41, 5.74) is 2.42. The molecule has 0 saturated heterocycles. The smallest absolute Gasteiger partial charge is 0.258 e. The second-order valence-electron chi connectivity index (χ2n) is 6.72. The molecule has 0 bridgehead atoms. The number of carbonyl (C=O) groups excluding carboxylic acids is 1. The number of amides is 1. The Hall–Kier alpha value is -3.73. The predicted octanol–water partition coefficient (Wildman–Crippen LogP) is 5.17. The van der Waals surface area contributed by atoms with Crippen LogP contribution in [0.3, 0.4) is 0 Å². The van der Waals surface area contributed by atoms with Gasteiger partial charge in [0.2, 0.25) is 6.79 Å². The van der Waals surface area contributed by atoms with E-state index in [2.05, 4.69) is 0 Å². The van der Waals surface area contributed by atoms with Gasteiger partial charge in [0.05, 0.1) is 6.61 Å². The van der Waals surface area contributed by atoms with E-state index >= 15 is 0 Å². The molecule has 1 aliphatic rings. The average molecular weight is 401 g/mol. The van der Waals surface area contributed by atoms with Crippen molar-refractivity contribution in [2.45, 2.75) is 6.92 Å². The van der Waals surface area contributed by atoms with E-state index < -0.39 is 0 Å². The monoisotopic (exact) mass is 401 g/mol. The van der Waals surface area contributed by atoms with Gasteiger partial charge in [0, 0.05) is 17.8 Å². The van der Waals surface area contributed by atoms with Crippen LogP contribution in [-0.4, -0.2) is 25.9 Å². The fourth-order valence-corrected chi connectivity index (χ4v) is 3.24. The van der Waals surface area contributed by atoms with E-state index in [0.717, 1.165) is 17.0 Å². The second-order valence-corrected chi connectivity index (χ2v) is 6.72. The minimum atomic E-state index is -0.116. The van der Waals surface area contributed by atoms with Crippen molar-refractivity contribution < 1.29 is 19.0 Å². The SMILES string of the molecule is CCOc1ccc(N(C/C=C/c2ccccc2)C(=O)c2ccc3c(c2)OCO3)cc1. The number of anilines is 1. The van der Waals surface area contributed by atoms with Gasteiger partial charge in [-0.15, -0.1) is 0 Å². The molecule has 3 aromatic rings.